The number of aliphatic imine (C=N–C) groups is 1. The molecule has 1 aliphatic heterocycles. The first-order valence-electron chi connectivity index (χ1n) is 5.87. The van der Waals surface area contributed by atoms with Crippen LogP contribution in [0.1, 0.15) is 5.56 Å². The lowest BCUT2D eigenvalue weighted by atomic mass is 10.0. The molecule has 0 radical (unpaired) electrons. The molecule has 0 aliphatic carbocycles. The molecule has 18 heavy (non-hydrogen) atoms. The van der Waals surface area contributed by atoms with E-state index >= 15 is 0 Å². The van der Waals surface area contributed by atoms with Gasteiger partial charge >= 0.3 is 0 Å². The molecule has 0 amide bonds. The summed E-state index contributed by atoms with van der Waals surface area (Å²) in [6.07, 6.45) is -0.728. The number of hydrogen-bond acceptors (Lipinski definition) is 3. The second-order valence-electron chi connectivity index (χ2n) is 4.17. The lowest BCUT2D eigenvalue weighted by Gasteiger charge is -2.04. The quantitative estimate of drug-likeness (QED) is 0.874. The average Bonchev–Trinajstić information content (AvgIpc) is 2.87. The van der Waals surface area contributed by atoms with Crippen LogP contribution in [0.2, 0.25) is 0 Å². The number of aliphatic hydroxyl groups is 1. The van der Waals surface area contributed by atoms with E-state index in [1.165, 1.54) is 5.56 Å². The zero-order valence-corrected chi connectivity index (χ0v) is 9.78. The first kappa shape index (κ1) is 11.0. The molecule has 0 saturated heterocycles. The molecule has 0 bridgehead atoms. The summed E-state index contributed by atoms with van der Waals surface area (Å²) < 4.78 is 5.30. The molecule has 90 valence electrons. The van der Waals surface area contributed by atoms with Crippen molar-refractivity contribution in [2.75, 3.05) is 6.61 Å². The average molecular weight is 239 g/mol. The Morgan fingerprint density at radius 3 is 2.11 bits per heavy atom. The second-order valence-corrected chi connectivity index (χ2v) is 4.17. The Hall–Kier alpha value is -2.13. The van der Waals surface area contributed by atoms with Crippen LogP contribution >= 0.6 is 0 Å². The molecule has 3 nitrogen and oxygen atoms in total. The molecule has 1 N–H and O–H groups in total. The Morgan fingerprint density at radius 2 is 1.50 bits per heavy atom. The number of ether oxygens (including phenoxy) is 1. The van der Waals surface area contributed by atoms with Crippen molar-refractivity contribution in [3.8, 4) is 11.1 Å². The number of aliphatic hydroxyl groups excluding tert-OH is 1. The molecule has 1 atom stereocenters. The van der Waals surface area contributed by atoms with E-state index in [1.807, 2.05) is 42.5 Å². The number of nitrogens with zero attached hydrogens (tertiary/aromatic N) is 1. The van der Waals surface area contributed by atoms with Crippen LogP contribution in [0, 0.1) is 0 Å². The van der Waals surface area contributed by atoms with Gasteiger partial charge in [-0.05, 0) is 23.3 Å². The first-order valence-corrected chi connectivity index (χ1v) is 5.87. The molecule has 1 aliphatic rings. The van der Waals surface area contributed by atoms with Gasteiger partial charge in [0.25, 0.3) is 0 Å². The number of benzene rings is 2. The summed E-state index contributed by atoms with van der Waals surface area (Å²) in [5, 5.41) is 9.28. The normalized spacial score (nSPS) is 18.3. The summed E-state index contributed by atoms with van der Waals surface area (Å²) >= 11 is 0. The molecular formula is C15H13NO2. The zero-order chi connectivity index (χ0) is 12.4. The SMILES string of the molecule is OC1COC(c2ccc(-c3ccccc3)cc2)=N1. The first-order chi connectivity index (χ1) is 8.83. The summed E-state index contributed by atoms with van der Waals surface area (Å²) in [4.78, 5) is 4.01. The highest BCUT2D eigenvalue weighted by atomic mass is 16.5. The van der Waals surface area contributed by atoms with Crippen molar-refractivity contribution in [2.45, 2.75) is 6.23 Å². The maximum absolute atomic E-state index is 9.28. The lowest BCUT2D eigenvalue weighted by molar-refractivity contribution is 0.139. The van der Waals surface area contributed by atoms with E-state index in [2.05, 4.69) is 17.1 Å². The van der Waals surface area contributed by atoms with E-state index in [4.69, 9.17) is 4.74 Å². The van der Waals surface area contributed by atoms with Gasteiger partial charge in [0.1, 0.15) is 6.61 Å². The molecule has 2 aromatic rings. The molecule has 0 aromatic heterocycles. The molecule has 2 aromatic carbocycles. The van der Waals surface area contributed by atoms with E-state index in [1.54, 1.807) is 0 Å². The maximum Gasteiger partial charge on any atom is 0.218 e. The highest BCUT2D eigenvalue weighted by Crippen LogP contribution is 2.20. The predicted octanol–water partition coefficient (Wildman–Crippen LogP) is 2.45. The molecule has 0 saturated carbocycles. The van der Waals surface area contributed by atoms with Crippen molar-refractivity contribution in [1.82, 2.24) is 0 Å². The van der Waals surface area contributed by atoms with Crippen molar-refractivity contribution >= 4 is 5.90 Å². The van der Waals surface area contributed by atoms with Gasteiger partial charge in [-0.2, -0.15) is 0 Å². The molecular weight excluding hydrogens is 226 g/mol. The maximum atomic E-state index is 9.28. The van der Waals surface area contributed by atoms with Gasteiger partial charge in [0.05, 0.1) is 0 Å². The molecule has 0 fully saturated rings. The highest BCUT2D eigenvalue weighted by molar-refractivity contribution is 5.95. The van der Waals surface area contributed by atoms with E-state index in [9.17, 15) is 5.11 Å². The van der Waals surface area contributed by atoms with Crippen molar-refractivity contribution in [1.29, 1.82) is 0 Å². The minimum Gasteiger partial charge on any atom is -0.473 e. The fourth-order valence-electron chi connectivity index (χ4n) is 1.96. The van der Waals surface area contributed by atoms with Crippen molar-refractivity contribution in [3.63, 3.8) is 0 Å². The zero-order valence-electron chi connectivity index (χ0n) is 9.78. The van der Waals surface area contributed by atoms with Gasteiger partial charge < -0.3 is 9.84 Å². The van der Waals surface area contributed by atoms with E-state index in [0.717, 1.165) is 11.1 Å². The van der Waals surface area contributed by atoms with Gasteiger partial charge in [0.15, 0.2) is 6.23 Å². The molecule has 3 heteroatoms. The van der Waals surface area contributed by atoms with Crippen molar-refractivity contribution < 1.29 is 9.84 Å². The van der Waals surface area contributed by atoms with Crippen LogP contribution in [0.25, 0.3) is 11.1 Å². The Balaban J connectivity index is 1.88. The summed E-state index contributed by atoms with van der Waals surface area (Å²) in [5.41, 5.74) is 3.23. The van der Waals surface area contributed by atoms with Crippen molar-refractivity contribution in [2.24, 2.45) is 4.99 Å². The second kappa shape index (κ2) is 4.63. The van der Waals surface area contributed by atoms with Crippen LogP contribution in [0.3, 0.4) is 0 Å². The van der Waals surface area contributed by atoms with Crippen molar-refractivity contribution in [3.05, 3.63) is 60.2 Å². The van der Waals surface area contributed by atoms with Gasteiger partial charge in [-0.1, -0.05) is 42.5 Å². The largest absolute Gasteiger partial charge is 0.473 e. The number of hydrogen-bond donors (Lipinski definition) is 1. The van der Waals surface area contributed by atoms with E-state index in [0.29, 0.717) is 5.90 Å². The molecule has 1 unspecified atom stereocenters. The topological polar surface area (TPSA) is 41.8 Å². The molecule has 1 heterocycles. The van der Waals surface area contributed by atoms with Crippen LogP contribution in [-0.2, 0) is 4.74 Å². The summed E-state index contributed by atoms with van der Waals surface area (Å²) in [7, 11) is 0. The fraction of sp³-hybridized carbons (Fsp3) is 0.133. The summed E-state index contributed by atoms with van der Waals surface area (Å²) in [6.45, 7) is 0.246. The molecule has 0 spiro atoms. The Labute approximate surface area is 105 Å². The summed E-state index contributed by atoms with van der Waals surface area (Å²) in [5.74, 6) is 0.516. The van der Waals surface area contributed by atoms with Gasteiger partial charge in [-0.25, -0.2) is 4.99 Å². The minimum atomic E-state index is -0.728. The van der Waals surface area contributed by atoms with Gasteiger partial charge in [0, 0.05) is 5.56 Å². The van der Waals surface area contributed by atoms with E-state index in [-0.39, 0.29) is 6.61 Å². The van der Waals surface area contributed by atoms with Gasteiger partial charge in [-0.3, -0.25) is 0 Å². The molecule has 3 rings (SSSR count). The monoisotopic (exact) mass is 239 g/mol. The standard InChI is InChI=1S/C15H13NO2/c17-14-10-18-15(16-14)13-8-6-12(7-9-13)11-4-2-1-3-5-11/h1-9,14,17H,10H2. The van der Waals surface area contributed by atoms with Crippen LogP contribution in [0.4, 0.5) is 0 Å². The van der Waals surface area contributed by atoms with Crippen LogP contribution in [-0.4, -0.2) is 23.8 Å². The minimum absolute atomic E-state index is 0.246. The van der Waals surface area contributed by atoms with Gasteiger partial charge in [0.2, 0.25) is 5.90 Å². The van der Waals surface area contributed by atoms with Crippen LogP contribution < -0.4 is 0 Å². The van der Waals surface area contributed by atoms with Crippen LogP contribution in [0.15, 0.2) is 59.6 Å². The summed E-state index contributed by atoms with van der Waals surface area (Å²) in [6, 6.07) is 18.2. The third-order valence-corrected chi connectivity index (χ3v) is 2.87. The smallest absolute Gasteiger partial charge is 0.218 e. The Kier molecular flexibility index (Phi) is 2.82. The lowest BCUT2D eigenvalue weighted by Crippen LogP contribution is -2.03. The third-order valence-electron chi connectivity index (χ3n) is 2.87. The highest BCUT2D eigenvalue weighted by Gasteiger charge is 2.17. The Morgan fingerprint density at radius 1 is 0.889 bits per heavy atom. The van der Waals surface area contributed by atoms with Crippen LogP contribution in [0.5, 0.6) is 0 Å². The van der Waals surface area contributed by atoms with Gasteiger partial charge in [-0.15, -0.1) is 0 Å². The fourth-order valence-corrected chi connectivity index (χ4v) is 1.96. The van der Waals surface area contributed by atoms with E-state index < -0.39 is 6.23 Å². The third kappa shape index (κ3) is 2.13. The number of rotatable bonds is 2. The Bertz CT molecular complexity index is 561. The predicted molar refractivity (Wildman–Crippen MR) is 70.4 cm³/mol.